The number of carbonyl (C=O) groups excluding carboxylic acids is 1. The van der Waals surface area contributed by atoms with Gasteiger partial charge in [-0.05, 0) is 44.5 Å². The van der Waals surface area contributed by atoms with Crippen LogP contribution in [0.2, 0.25) is 0 Å². The monoisotopic (exact) mass is 433 g/mol. The molecule has 0 atom stereocenters. The van der Waals surface area contributed by atoms with Crippen LogP contribution in [0.1, 0.15) is 25.0 Å². The minimum atomic E-state index is -4.58. The van der Waals surface area contributed by atoms with Crippen molar-refractivity contribution < 1.29 is 18.0 Å². The number of benzene rings is 2. The summed E-state index contributed by atoms with van der Waals surface area (Å²) in [4.78, 5) is 16.9. The van der Waals surface area contributed by atoms with Gasteiger partial charge in [0.25, 0.3) is 5.91 Å². The van der Waals surface area contributed by atoms with Crippen molar-refractivity contribution >= 4 is 49.2 Å². The molecule has 3 N–H and O–H groups in total. The first-order chi connectivity index (χ1) is 14.0. The van der Waals surface area contributed by atoms with Gasteiger partial charge in [0.2, 0.25) is 0 Å². The second-order valence-corrected chi connectivity index (χ2v) is 8.52. The molecule has 0 aliphatic carbocycles. The lowest BCUT2D eigenvalue weighted by molar-refractivity contribution is -0.136. The Hall–Kier alpha value is -3.14. The number of nitrogens with zero attached hydrogens (tertiary/aromatic N) is 2. The van der Waals surface area contributed by atoms with E-state index in [1.807, 2.05) is 31.2 Å². The zero-order chi connectivity index (χ0) is 21.7. The number of alkyl halides is 3. The summed E-state index contributed by atoms with van der Waals surface area (Å²) in [6, 6.07) is 8.53. The fourth-order valence-corrected chi connectivity index (χ4v) is 4.15. The van der Waals surface area contributed by atoms with Crippen LogP contribution in [0, 0.1) is 6.92 Å². The summed E-state index contributed by atoms with van der Waals surface area (Å²) in [5, 5.41) is 12.8. The number of carbonyl (C=O) groups is 1. The van der Waals surface area contributed by atoms with Gasteiger partial charge in [-0.15, -0.1) is 0 Å². The first-order valence-corrected chi connectivity index (χ1v) is 9.86. The number of aryl methyl sites for hydroxylation is 1. The van der Waals surface area contributed by atoms with E-state index in [2.05, 4.69) is 25.8 Å². The normalized spacial score (nSPS) is 12.5. The van der Waals surface area contributed by atoms with E-state index in [4.69, 9.17) is 0 Å². The summed E-state index contributed by atoms with van der Waals surface area (Å²) in [6.07, 6.45) is -3.14. The molecule has 0 aliphatic heterocycles. The predicted molar refractivity (Wildman–Crippen MR) is 112 cm³/mol. The summed E-state index contributed by atoms with van der Waals surface area (Å²) in [7, 11) is 0. The van der Waals surface area contributed by atoms with Crippen LogP contribution in [0.5, 0.6) is 0 Å². The lowest BCUT2D eigenvalue weighted by atomic mass is 10.0. The molecule has 4 rings (SSSR count). The molecule has 2 aromatic carbocycles. The standard InChI is InChI=1S/C20H18F3N5OS/c1-10-5-4-6-11(7-10)27-19(2,3)17(29)26-18-25-15-13(20(21,22)23)8-14-12(9-24-28-14)16(15)30-18/h4-9,27H,1-3H3,(H,24,28)(H,25,26,29). The Morgan fingerprint density at radius 3 is 2.67 bits per heavy atom. The van der Waals surface area contributed by atoms with Crippen molar-refractivity contribution in [1.82, 2.24) is 15.2 Å². The molecule has 2 aromatic heterocycles. The minimum absolute atomic E-state index is 0.0910. The van der Waals surface area contributed by atoms with Crippen molar-refractivity contribution in [2.45, 2.75) is 32.5 Å². The van der Waals surface area contributed by atoms with Gasteiger partial charge >= 0.3 is 6.18 Å². The molecule has 2 heterocycles. The SMILES string of the molecule is Cc1cccc(NC(C)(C)C(=O)Nc2nc3c(C(F)(F)F)cc4[nH]ncc4c3s2)c1. The van der Waals surface area contributed by atoms with Crippen molar-refractivity contribution in [3.8, 4) is 0 Å². The number of halogens is 3. The summed E-state index contributed by atoms with van der Waals surface area (Å²) in [6.45, 7) is 5.31. The minimum Gasteiger partial charge on any atom is -0.372 e. The highest BCUT2D eigenvalue weighted by Crippen LogP contribution is 2.41. The molecule has 6 nitrogen and oxygen atoms in total. The molecule has 0 fully saturated rings. The Morgan fingerprint density at radius 1 is 1.20 bits per heavy atom. The largest absolute Gasteiger partial charge is 0.418 e. The van der Waals surface area contributed by atoms with Gasteiger partial charge in [0.15, 0.2) is 5.13 Å². The number of anilines is 2. The van der Waals surface area contributed by atoms with E-state index < -0.39 is 23.2 Å². The molecule has 1 amide bonds. The molecule has 0 saturated carbocycles. The third-order valence-corrected chi connectivity index (χ3v) is 5.66. The first kappa shape index (κ1) is 20.1. The Morgan fingerprint density at radius 2 is 1.97 bits per heavy atom. The quantitative estimate of drug-likeness (QED) is 0.406. The number of aromatic amines is 1. The number of H-pyrrole nitrogens is 1. The highest BCUT2D eigenvalue weighted by Gasteiger charge is 2.36. The van der Waals surface area contributed by atoms with E-state index in [0.717, 1.165) is 28.7 Å². The van der Waals surface area contributed by atoms with Crippen molar-refractivity contribution in [2.24, 2.45) is 0 Å². The molecule has 0 aliphatic rings. The van der Waals surface area contributed by atoms with Gasteiger partial charge in [-0.1, -0.05) is 23.5 Å². The van der Waals surface area contributed by atoms with Gasteiger partial charge in [-0.25, -0.2) is 4.98 Å². The smallest absolute Gasteiger partial charge is 0.372 e. The molecule has 0 bridgehead atoms. The molecular weight excluding hydrogens is 415 g/mol. The molecule has 30 heavy (non-hydrogen) atoms. The summed E-state index contributed by atoms with van der Waals surface area (Å²) < 4.78 is 40.9. The number of rotatable bonds is 4. The molecule has 0 radical (unpaired) electrons. The van der Waals surface area contributed by atoms with E-state index in [0.29, 0.717) is 10.1 Å². The molecule has 10 heteroatoms. The van der Waals surface area contributed by atoms with Gasteiger partial charge in [-0.2, -0.15) is 18.3 Å². The Labute approximate surface area is 173 Å². The number of thiazole rings is 1. The van der Waals surface area contributed by atoms with Gasteiger partial charge in [0.05, 0.1) is 27.5 Å². The van der Waals surface area contributed by atoms with E-state index >= 15 is 0 Å². The maximum absolute atomic E-state index is 13.5. The highest BCUT2D eigenvalue weighted by atomic mass is 32.1. The van der Waals surface area contributed by atoms with Crippen LogP contribution in [0.3, 0.4) is 0 Å². The Balaban J connectivity index is 1.67. The number of hydrogen-bond donors (Lipinski definition) is 3. The summed E-state index contributed by atoms with van der Waals surface area (Å²) in [5.74, 6) is -0.417. The van der Waals surface area contributed by atoms with Crippen molar-refractivity contribution in [1.29, 1.82) is 0 Å². The molecule has 0 unspecified atom stereocenters. The topological polar surface area (TPSA) is 82.7 Å². The van der Waals surface area contributed by atoms with Crippen LogP contribution in [0.25, 0.3) is 21.1 Å². The lowest BCUT2D eigenvalue weighted by Gasteiger charge is -2.26. The Bertz CT molecular complexity index is 1260. The highest BCUT2D eigenvalue weighted by molar-refractivity contribution is 7.23. The number of fused-ring (bicyclic) bond motifs is 3. The fraction of sp³-hybridized carbons (Fsp3) is 0.250. The maximum Gasteiger partial charge on any atom is 0.418 e. The molecule has 4 aromatic rings. The number of amides is 1. The average molecular weight is 433 g/mol. The number of hydrogen-bond acceptors (Lipinski definition) is 5. The Kier molecular flexibility index (Phi) is 4.69. The third kappa shape index (κ3) is 3.70. The van der Waals surface area contributed by atoms with Gasteiger partial charge in [0.1, 0.15) is 5.54 Å². The first-order valence-electron chi connectivity index (χ1n) is 9.05. The molecule has 0 saturated heterocycles. The van der Waals surface area contributed by atoms with Crippen LogP contribution in [0.4, 0.5) is 24.0 Å². The number of nitrogens with one attached hydrogen (secondary N) is 3. The predicted octanol–water partition coefficient (Wildman–Crippen LogP) is 5.33. The maximum atomic E-state index is 13.5. The van der Waals surface area contributed by atoms with Crippen LogP contribution in [-0.2, 0) is 11.0 Å². The van der Waals surface area contributed by atoms with E-state index in [1.165, 1.54) is 6.20 Å². The average Bonchev–Trinajstić information content (AvgIpc) is 3.25. The zero-order valence-electron chi connectivity index (χ0n) is 16.3. The molecule has 156 valence electrons. The summed E-state index contributed by atoms with van der Waals surface area (Å²) in [5.41, 5.74) is -0.0455. The number of aromatic nitrogens is 3. The zero-order valence-corrected chi connectivity index (χ0v) is 17.1. The van der Waals surface area contributed by atoms with Crippen LogP contribution in [-0.4, -0.2) is 26.6 Å². The second-order valence-electron chi connectivity index (χ2n) is 7.52. The van der Waals surface area contributed by atoms with Crippen molar-refractivity contribution in [3.63, 3.8) is 0 Å². The van der Waals surface area contributed by atoms with E-state index in [9.17, 15) is 18.0 Å². The van der Waals surface area contributed by atoms with Gasteiger partial charge < -0.3 is 5.32 Å². The van der Waals surface area contributed by atoms with Crippen molar-refractivity contribution in [3.05, 3.63) is 47.7 Å². The third-order valence-electron chi connectivity index (χ3n) is 4.65. The van der Waals surface area contributed by atoms with Gasteiger partial charge in [0, 0.05) is 11.1 Å². The van der Waals surface area contributed by atoms with E-state index in [-0.39, 0.29) is 16.2 Å². The molecule has 0 spiro atoms. The van der Waals surface area contributed by atoms with Crippen LogP contribution >= 0.6 is 11.3 Å². The van der Waals surface area contributed by atoms with Crippen LogP contribution in [0.15, 0.2) is 36.5 Å². The van der Waals surface area contributed by atoms with E-state index in [1.54, 1.807) is 13.8 Å². The van der Waals surface area contributed by atoms with Crippen LogP contribution < -0.4 is 10.6 Å². The second kappa shape index (κ2) is 6.98. The van der Waals surface area contributed by atoms with Crippen molar-refractivity contribution in [2.75, 3.05) is 10.6 Å². The molecular formula is C20H18F3N5OS. The summed E-state index contributed by atoms with van der Waals surface area (Å²) >= 11 is 0.984. The van der Waals surface area contributed by atoms with Gasteiger partial charge in [-0.3, -0.25) is 15.2 Å². The fourth-order valence-electron chi connectivity index (χ4n) is 3.15. The lowest BCUT2D eigenvalue weighted by Crippen LogP contribution is -2.44.